The Morgan fingerprint density at radius 3 is 2.85 bits per heavy atom. The summed E-state index contributed by atoms with van der Waals surface area (Å²) in [7, 11) is 2.14. The summed E-state index contributed by atoms with van der Waals surface area (Å²) >= 11 is 0. The number of fused-ring (bicyclic) bond motifs is 1. The van der Waals surface area contributed by atoms with Crippen molar-refractivity contribution in [3.63, 3.8) is 0 Å². The molecule has 3 rings (SSSR count). The summed E-state index contributed by atoms with van der Waals surface area (Å²) in [5.41, 5.74) is 2.66. The van der Waals surface area contributed by atoms with Gasteiger partial charge >= 0.3 is 0 Å². The molecule has 1 amide bonds. The normalized spacial score (nSPS) is 21.2. The molecule has 2 heterocycles. The summed E-state index contributed by atoms with van der Waals surface area (Å²) in [6.45, 7) is 6.39. The third-order valence-corrected chi connectivity index (χ3v) is 5.86. The Balaban J connectivity index is 1.71. The van der Waals surface area contributed by atoms with E-state index in [0.29, 0.717) is 19.6 Å². The van der Waals surface area contributed by atoms with E-state index in [-0.39, 0.29) is 17.9 Å². The van der Waals surface area contributed by atoms with E-state index in [1.807, 2.05) is 18.7 Å². The predicted molar refractivity (Wildman–Crippen MR) is 100 cm³/mol. The van der Waals surface area contributed by atoms with Gasteiger partial charge in [0.2, 0.25) is 5.91 Å². The van der Waals surface area contributed by atoms with E-state index < -0.39 is 0 Å². The summed E-state index contributed by atoms with van der Waals surface area (Å²) < 4.78 is 2.29. The lowest BCUT2D eigenvalue weighted by Gasteiger charge is -2.28. The number of aromatic nitrogens is 2. The zero-order valence-electron chi connectivity index (χ0n) is 16.4. The first-order chi connectivity index (χ1) is 12.5. The molecule has 1 fully saturated rings. The van der Waals surface area contributed by atoms with Gasteiger partial charge < -0.3 is 9.47 Å². The van der Waals surface area contributed by atoms with Gasteiger partial charge in [0.15, 0.2) is 0 Å². The fraction of sp³-hybridized carbons (Fsp3) is 0.750. The van der Waals surface area contributed by atoms with Gasteiger partial charge in [-0.05, 0) is 58.9 Å². The SMILES string of the molecule is CCN(C[C@@H](C)C#N)C(=O)CN1CCC[C@H]1c1nc2c(n1C)CCCC2. The molecule has 0 saturated carbocycles. The van der Waals surface area contributed by atoms with Gasteiger partial charge in [0.05, 0.1) is 30.3 Å². The highest BCUT2D eigenvalue weighted by atomic mass is 16.2. The smallest absolute Gasteiger partial charge is 0.236 e. The maximum absolute atomic E-state index is 12.8. The number of aryl methyl sites for hydroxylation is 1. The number of imidazole rings is 1. The van der Waals surface area contributed by atoms with Crippen LogP contribution in [-0.4, -0.2) is 51.4 Å². The molecule has 142 valence electrons. The monoisotopic (exact) mass is 357 g/mol. The van der Waals surface area contributed by atoms with Crippen LogP contribution in [0.1, 0.15) is 62.8 Å². The summed E-state index contributed by atoms with van der Waals surface area (Å²) in [5.74, 6) is 1.13. The predicted octanol–water partition coefficient (Wildman–Crippen LogP) is 2.44. The highest BCUT2D eigenvalue weighted by Crippen LogP contribution is 2.33. The van der Waals surface area contributed by atoms with Crippen molar-refractivity contribution in [2.75, 3.05) is 26.2 Å². The molecule has 1 saturated heterocycles. The molecule has 26 heavy (non-hydrogen) atoms. The molecule has 2 aliphatic rings. The van der Waals surface area contributed by atoms with Crippen LogP contribution in [0.4, 0.5) is 0 Å². The van der Waals surface area contributed by atoms with Crippen LogP contribution in [0.25, 0.3) is 0 Å². The first-order valence-corrected chi connectivity index (χ1v) is 10.0. The van der Waals surface area contributed by atoms with Crippen LogP contribution in [0.5, 0.6) is 0 Å². The topological polar surface area (TPSA) is 65.2 Å². The van der Waals surface area contributed by atoms with Crippen LogP contribution in [0.15, 0.2) is 0 Å². The molecule has 2 atom stereocenters. The number of carbonyl (C=O) groups is 1. The Morgan fingerprint density at radius 2 is 2.15 bits per heavy atom. The van der Waals surface area contributed by atoms with Crippen LogP contribution in [0.3, 0.4) is 0 Å². The van der Waals surface area contributed by atoms with E-state index >= 15 is 0 Å². The van der Waals surface area contributed by atoms with Crippen LogP contribution in [0, 0.1) is 17.2 Å². The summed E-state index contributed by atoms with van der Waals surface area (Å²) in [6, 6.07) is 2.46. The van der Waals surface area contributed by atoms with Gasteiger partial charge in [-0.15, -0.1) is 0 Å². The molecule has 0 aromatic carbocycles. The molecular weight excluding hydrogens is 326 g/mol. The minimum Gasteiger partial charge on any atom is -0.341 e. The average molecular weight is 358 g/mol. The van der Waals surface area contributed by atoms with E-state index in [2.05, 4.69) is 22.6 Å². The summed E-state index contributed by atoms with van der Waals surface area (Å²) in [4.78, 5) is 21.9. The zero-order chi connectivity index (χ0) is 18.7. The van der Waals surface area contributed by atoms with Gasteiger partial charge in [0.25, 0.3) is 0 Å². The number of rotatable bonds is 6. The Bertz CT molecular complexity index is 689. The van der Waals surface area contributed by atoms with Crippen molar-refractivity contribution < 1.29 is 4.79 Å². The molecule has 1 aliphatic heterocycles. The van der Waals surface area contributed by atoms with Crippen molar-refractivity contribution in [1.29, 1.82) is 5.26 Å². The number of hydrogen-bond acceptors (Lipinski definition) is 4. The van der Waals surface area contributed by atoms with Crippen molar-refractivity contribution >= 4 is 5.91 Å². The standard InChI is InChI=1S/C20H31N5O/c1-4-24(13-15(2)12-21)19(26)14-25-11-7-10-18(25)20-22-16-8-5-6-9-17(16)23(20)3/h15,18H,4-11,13-14H2,1-3H3/t15-,18-/m0/s1. The van der Waals surface area contributed by atoms with Gasteiger partial charge in [-0.1, -0.05) is 0 Å². The largest absolute Gasteiger partial charge is 0.341 e. The molecule has 0 radical (unpaired) electrons. The molecule has 0 spiro atoms. The van der Waals surface area contributed by atoms with Gasteiger partial charge in [-0.2, -0.15) is 5.26 Å². The van der Waals surface area contributed by atoms with Gasteiger partial charge in [0.1, 0.15) is 5.82 Å². The van der Waals surface area contributed by atoms with E-state index in [1.54, 1.807) is 0 Å². The Hall–Kier alpha value is -1.87. The second kappa shape index (κ2) is 8.22. The molecule has 6 nitrogen and oxygen atoms in total. The number of carbonyl (C=O) groups excluding carboxylic acids is 1. The van der Waals surface area contributed by atoms with Crippen LogP contribution < -0.4 is 0 Å². The minimum atomic E-state index is -0.130. The van der Waals surface area contributed by atoms with Crippen molar-refractivity contribution in [2.45, 2.75) is 58.4 Å². The first-order valence-electron chi connectivity index (χ1n) is 10.0. The summed E-state index contributed by atoms with van der Waals surface area (Å²) in [5, 5.41) is 9.04. The van der Waals surface area contributed by atoms with E-state index in [0.717, 1.165) is 38.1 Å². The summed E-state index contributed by atoms with van der Waals surface area (Å²) in [6.07, 6.45) is 6.87. The van der Waals surface area contributed by atoms with E-state index in [9.17, 15) is 4.79 Å². The number of likely N-dealkylation sites (tertiary alicyclic amines) is 1. The maximum Gasteiger partial charge on any atom is 0.236 e. The van der Waals surface area contributed by atoms with Crippen LogP contribution in [0.2, 0.25) is 0 Å². The molecule has 6 heteroatoms. The maximum atomic E-state index is 12.8. The lowest BCUT2D eigenvalue weighted by molar-refractivity contribution is -0.132. The van der Waals surface area contributed by atoms with Gasteiger partial charge in [-0.25, -0.2) is 4.98 Å². The fourth-order valence-electron chi connectivity index (χ4n) is 4.36. The second-order valence-corrected chi connectivity index (χ2v) is 7.72. The van der Waals surface area contributed by atoms with Gasteiger partial charge in [-0.3, -0.25) is 9.69 Å². The number of nitrogens with zero attached hydrogens (tertiary/aromatic N) is 5. The van der Waals surface area contributed by atoms with Crippen LogP contribution >= 0.6 is 0 Å². The Labute approximate surface area is 156 Å². The second-order valence-electron chi connectivity index (χ2n) is 7.72. The third-order valence-electron chi connectivity index (χ3n) is 5.86. The lowest BCUT2D eigenvalue weighted by Crippen LogP contribution is -2.42. The Morgan fingerprint density at radius 1 is 1.38 bits per heavy atom. The molecule has 1 aromatic rings. The zero-order valence-corrected chi connectivity index (χ0v) is 16.4. The number of hydrogen-bond donors (Lipinski definition) is 0. The molecule has 1 aromatic heterocycles. The van der Waals surface area contributed by atoms with Crippen LogP contribution in [-0.2, 0) is 24.7 Å². The number of amides is 1. The fourth-order valence-corrected chi connectivity index (χ4v) is 4.36. The van der Waals surface area contributed by atoms with Gasteiger partial charge in [0, 0.05) is 25.8 Å². The number of nitriles is 1. The minimum absolute atomic E-state index is 0.125. The quantitative estimate of drug-likeness (QED) is 0.784. The van der Waals surface area contributed by atoms with Crippen molar-refractivity contribution in [2.24, 2.45) is 13.0 Å². The average Bonchev–Trinajstić information content (AvgIpc) is 3.23. The lowest BCUT2D eigenvalue weighted by atomic mass is 10.0. The van der Waals surface area contributed by atoms with Crippen molar-refractivity contribution in [1.82, 2.24) is 19.4 Å². The number of likely N-dealkylation sites (N-methyl/N-ethyl adjacent to an activating group) is 1. The third kappa shape index (κ3) is 3.78. The molecule has 0 unspecified atom stereocenters. The molecular formula is C20H31N5O. The first kappa shape index (κ1) is 18.9. The van der Waals surface area contributed by atoms with E-state index in [4.69, 9.17) is 10.2 Å². The molecule has 0 N–H and O–H groups in total. The molecule has 1 aliphatic carbocycles. The Kier molecular flexibility index (Phi) is 5.98. The van der Waals surface area contributed by atoms with E-state index in [1.165, 1.54) is 24.2 Å². The van der Waals surface area contributed by atoms with Crippen molar-refractivity contribution in [3.8, 4) is 6.07 Å². The highest BCUT2D eigenvalue weighted by molar-refractivity contribution is 5.78. The highest BCUT2D eigenvalue weighted by Gasteiger charge is 2.33. The van der Waals surface area contributed by atoms with Crippen molar-refractivity contribution in [3.05, 3.63) is 17.2 Å². The molecule has 0 bridgehead atoms.